The molecule has 1 heterocycles. The molecule has 1 aliphatic heterocycles. The molecule has 2 rings (SSSR count). The van der Waals surface area contributed by atoms with Gasteiger partial charge in [0.15, 0.2) is 5.96 Å². The highest BCUT2D eigenvalue weighted by atomic mass is 127. The normalized spacial score (nSPS) is 14.5. The Morgan fingerprint density at radius 2 is 1.71 bits per heavy atom. The number of piperazine rings is 1. The summed E-state index contributed by atoms with van der Waals surface area (Å²) in [5.74, 6) is 0.808. The summed E-state index contributed by atoms with van der Waals surface area (Å²) in [5, 5.41) is 3.33. The first kappa shape index (κ1) is 24.5. The fourth-order valence-corrected chi connectivity index (χ4v) is 3.25. The second-order valence-corrected chi connectivity index (χ2v) is 6.50. The van der Waals surface area contributed by atoms with Crippen molar-refractivity contribution < 1.29 is 9.18 Å². The summed E-state index contributed by atoms with van der Waals surface area (Å²) in [6.07, 6.45) is 0.437. The first-order valence-electron chi connectivity index (χ1n) is 9.90. The number of halogens is 2. The molecule has 1 aromatic carbocycles. The van der Waals surface area contributed by atoms with E-state index >= 15 is 0 Å². The van der Waals surface area contributed by atoms with Crippen LogP contribution in [0.4, 0.5) is 10.1 Å². The van der Waals surface area contributed by atoms with Crippen molar-refractivity contribution in [2.24, 2.45) is 4.99 Å². The lowest BCUT2D eigenvalue weighted by atomic mass is 10.2. The fraction of sp³-hybridized carbons (Fsp3) is 0.600. The van der Waals surface area contributed by atoms with Crippen LogP contribution in [0.5, 0.6) is 0 Å². The minimum Gasteiger partial charge on any atom is -0.368 e. The van der Waals surface area contributed by atoms with Crippen LogP contribution in [0.15, 0.2) is 29.3 Å². The second kappa shape index (κ2) is 12.8. The molecule has 0 radical (unpaired) electrons. The molecule has 0 aliphatic carbocycles. The van der Waals surface area contributed by atoms with Gasteiger partial charge in [0.2, 0.25) is 5.91 Å². The van der Waals surface area contributed by atoms with Gasteiger partial charge in [0.05, 0.1) is 6.54 Å². The molecule has 0 bridgehead atoms. The van der Waals surface area contributed by atoms with E-state index in [1.54, 1.807) is 0 Å². The number of amides is 1. The maximum Gasteiger partial charge on any atom is 0.224 e. The van der Waals surface area contributed by atoms with Crippen molar-refractivity contribution in [3.8, 4) is 0 Å². The molecule has 158 valence electrons. The monoisotopic (exact) mass is 505 g/mol. The number of guanidine groups is 1. The molecule has 1 fully saturated rings. The van der Waals surface area contributed by atoms with Gasteiger partial charge in [0.25, 0.3) is 0 Å². The summed E-state index contributed by atoms with van der Waals surface area (Å²) in [7, 11) is 0. The molecule has 0 saturated carbocycles. The van der Waals surface area contributed by atoms with Crippen LogP contribution in [-0.4, -0.2) is 74.0 Å². The zero-order valence-electron chi connectivity index (χ0n) is 17.2. The van der Waals surface area contributed by atoms with Gasteiger partial charge in [-0.2, -0.15) is 0 Å². The van der Waals surface area contributed by atoms with Crippen LogP contribution in [0.1, 0.15) is 27.2 Å². The van der Waals surface area contributed by atoms with Crippen molar-refractivity contribution in [1.82, 2.24) is 15.1 Å². The standard InChI is InChI=1S/C20H32FN5O.HI/c1-4-22-20(23-12-11-19(27)24(5-2)6-3)26-15-13-25(14-16-26)18-9-7-17(21)8-10-18;/h7-10H,4-6,11-16H2,1-3H3,(H,22,23);1H. The number of nitrogens with one attached hydrogen (secondary N) is 1. The van der Waals surface area contributed by atoms with Gasteiger partial charge in [-0.1, -0.05) is 0 Å². The Hall–Kier alpha value is -1.58. The Labute approximate surface area is 185 Å². The molecule has 1 aliphatic rings. The first-order chi connectivity index (χ1) is 13.1. The van der Waals surface area contributed by atoms with E-state index in [4.69, 9.17) is 0 Å². The van der Waals surface area contributed by atoms with Crippen molar-refractivity contribution in [2.45, 2.75) is 27.2 Å². The number of rotatable bonds is 7. The molecule has 1 amide bonds. The molecule has 0 aromatic heterocycles. The maximum atomic E-state index is 13.1. The van der Waals surface area contributed by atoms with E-state index in [0.717, 1.165) is 57.5 Å². The van der Waals surface area contributed by atoms with Crippen LogP contribution in [0.3, 0.4) is 0 Å². The van der Waals surface area contributed by atoms with E-state index in [1.807, 2.05) is 37.8 Å². The summed E-state index contributed by atoms with van der Waals surface area (Å²) in [5.41, 5.74) is 1.04. The smallest absolute Gasteiger partial charge is 0.224 e. The van der Waals surface area contributed by atoms with Crippen LogP contribution in [0, 0.1) is 5.82 Å². The molecule has 28 heavy (non-hydrogen) atoms. The lowest BCUT2D eigenvalue weighted by Crippen LogP contribution is -2.52. The number of hydrogen-bond donors (Lipinski definition) is 1. The largest absolute Gasteiger partial charge is 0.368 e. The summed E-state index contributed by atoms with van der Waals surface area (Å²) in [4.78, 5) is 23.1. The molecule has 0 atom stereocenters. The molecule has 1 aromatic rings. The molecule has 6 nitrogen and oxygen atoms in total. The van der Waals surface area contributed by atoms with Gasteiger partial charge in [0, 0.05) is 57.9 Å². The molecular weight excluding hydrogens is 472 g/mol. The third-order valence-electron chi connectivity index (χ3n) is 4.81. The predicted octanol–water partition coefficient (Wildman–Crippen LogP) is 2.79. The zero-order chi connectivity index (χ0) is 19.6. The van der Waals surface area contributed by atoms with E-state index in [-0.39, 0.29) is 35.7 Å². The van der Waals surface area contributed by atoms with Crippen LogP contribution in [-0.2, 0) is 4.79 Å². The van der Waals surface area contributed by atoms with Gasteiger partial charge in [-0.25, -0.2) is 4.39 Å². The average Bonchev–Trinajstić information content (AvgIpc) is 2.69. The van der Waals surface area contributed by atoms with Crippen LogP contribution in [0.25, 0.3) is 0 Å². The molecule has 1 N–H and O–H groups in total. The van der Waals surface area contributed by atoms with Crippen LogP contribution in [0.2, 0.25) is 0 Å². The Morgan fingerprint density at radius 1 is 1.11 bits per heavy atom. The highest BCUT2D eigenvalue weighted by molar-refractivity contribution is 14.0. The lowest BCUT2D eigenvalue weighted by molar-refractivity contribution is -0.130. The Balaban J connectivity index is 0.00000392. The van der Waals surface area contributed by atoms with Crippen molar-refractivity contribution in [3.63, 3.8) is 0 Å². The minimum atomic E-state index is -0.210. The number of anilines is 1. The summed E-state index contributed by atoms with van der Waals surface area (Å²) in [6, 6.07) is 6.65. The average molecular weight is 505 g/mol. The Kier molecular flexibility index (Phi) is 11.2. The lowest BCUT2D eigenvalue weighted by Gasteiger charge is -2.37. The van der Waals surface area contributed by atoms with Gasteiger partial charge in [0.1, 0.15) is 5.82 Å². The van der Waals surface area contributed by atoms with E-state index in [9.17, 15) is 9.18 Å². The quantitative estimate of drug-likeness (QED) is 0.352. The van der Waals surface area contributed by atoms with E-state index < -0.39 is 0 Å². The molecule has 1 saturated heterocycles. The van der Waals surface area contributed by atoms with Crippen molar-refractivity contribution in [2.75, 3.05) is 57.3 Å². The fourth-order valence-electron chi connectivity index (χ4n) is 3.25. The van der Waals surface area contributed by atoms with Gasteiger partial charge in [-0.05, 0) is 45.0 Å². The number of benzene rings is 1. The van der Waals surface area contributed by atoms with E-state index in [1.165, 1.54) is 12.1 Å². The molecule has 0 spiro atoms. The highest BCUT2D eigenvalue weighted by Crippen LogP contribution is 2.17. The van der Waals surface area contributed by atoms with E-state index in [2.05, 4.69) is 20.1 Å². The van der Waals surface area contributed by atoms with E-state index in [0.29, 0.717) is 13.0 Å². The van der Waals surface area contributed by atoms with Crippen molar-refractivity contribution in [3.05, 3.63) is 30.1 Å². The maximum absolute atomic E-state index is 13.1. The van der Waals surface area contributed by atoms with Gasteiger partial charge < -0.3 is 20.0 Å². The Morgan fingerprint density at radius 3 is 2.25 bits per heavy atom. The summed E-state index contributed by atoms with van der Waals surface area (Å²) < 4.78 is 13.1. The predicted molar refractivity (Wildman–Crippen MR) is 124 cm³/mol. The summed E-state index contributed by atoms with van der Waals surface area (Å²) in [6.45, 7) is 12.2. The number of nitrogens with zero attached hydrogens (tertiary/aromatic N) is 4. The van der Waals surface area contributed by atoms with Gasteiger partial charge >= 0.3 is 0 Å². The third-order valence-corrected chi connectivity index (χ3v) is 4.81. The number of aliphatic imine (C=N–C) groups is 1. The second-order valence-electron chi connectivity index (χ2n) is 6.50. The minimum absolute atomic E-state index is 0. The van der Waals surface area contributed by atoms with Crippen molar-refractivity contribution in [1.29, 1.82) is 0 Å². The van der Waals surface area contributed by atoms with Gasteiger partial charge in [-0.15, -0.1) is 24.0 Å². The van der Waals surface area contributed by atoms with Crippen molar-refractivity contribution >= 4 is 41.5 Å². The number of carbonyl (C=O) groups excluding carboxylic acids is 1. The third kappa shape index (κ3) is 7.10. The molecule has 0 unspecified atom stereocenters. The van der Waals surface area contributed by atoms with Crippen LogP contribution >= 0.6 is 24.0 Å². The SMILES string of the molecule is CCNC(=NCCC(=O)N(CC)CC)N1CCN(c2ccc(F)cc2)CC1.I. The van der Waals surface area contributed by atoms with Crippen LogP contribution < -0.4 is 10.2 Å². The van der Waals surface area contributed by atoms with Gasteiger partial charge in [-0.3, -0.25) is 9.79 Å². The first-order valence-corrected chi connectivity index (χ1v) is 9.90. The topological polar surface area (TPSA) is 51.2 Å². The highest BCUT2D eigenvalue weighted by Gasteiger charge is 2.20. The number of hydrogen-bond acceptors (Lipinski definition) is 3. The molecule has 8 heteroatoms. The Bertz CT molecular complexity index is 614. The zero-order valence-corrected chi connectivity index (χ0v) is 19.5. The number of carbonyl (C=O) groups is 1. The molecular formula is C20H33FIN5O. The summed E-state index contributed by atoms with van der Waals surface area (Å²) >= 11 is 0.